The molecule has 0 radical (unpaired) electrons. The van der Waals surface area contributed by atoms with Crippen LogP contribution in [-0.2, 0) is 6.42 Å². The molecule has 1 fully saturated rings. The van der Waals surface area contributed by atoms with Gasteiger partial charge in [-0.1, -0.05) is 37.6 Å². The monoisotopic (exact) mass is 286 g/mol. The Morgan fingerprint density at radius 1 is 1.14 bits per heavy atom. The highest BCUT2D eigenvalue weighted by molar-refractivity contribution is 5.32. The van der Waals surface area contributed by atoms with E-state index in [4.69, 9.17) is 0 Å². The van der Waals surface area contributed by atoms with Gasteiger partial charge < -0.3 is 5.32 Å². The first-order valence-corrected chi connectivity index (χ1v) is 8.91. The molecule has 1 aliphatic carbocycles. The Bertz CT molecular complexity index is 443. The molecule has 1 aliphatic heterocycles. The van der Waals surface area contributed by atoms with Crippen molar-refractivity contribution in [3.05, 3.63) is 35.4 Å². The fourth-order valence-corrected chi connectivity index (χ4v) is 4.17. The molecule has 2 aliphatic rings. The van der Waals surface area contributed by atoms with Gasteiger partial charge in [-0.3, -0.25) is 4.90 Å². The van der Waals surface area contributed by atoms with Gasteiger partial charge in [0.2, 0.25) is 0 Å². The van der Waals surface area contributed by atoms with Crippen molar-refractivity contribution in [3.63, 3.8) is 0 Å². The second-order valence-electron chi connectivity index (χ2n) is 6.74. The summed E-state index contributed by atoms with van der Waals surface area (Å²) in [5, 5.41) is 3.56. The van der Waals surface area contributed by atoms with E-state index in [1.807, 2.05) is 0 Å². The predicted octanol–water partition coefficient (Wildman–Crippen LogP) is 3.57. The lowest BCUT2D eigenvalue weighted by Crippen LogP contribution is -2.47. The topological polar surface area (TPSA) is 15.3 Å². The van der Waals surface area contributed by atoms with Gasteiger partial charge in [-0.2, -0.15) is 0 Å². The van der Waals surface area contributed by atoms with E-state index in [-0.39, 0.29) is 0 Å². The molecular formula is C19H30N2. The number of likely N-dealkylation sites (N-methyl/N-ethyl adjacent to an activating group) is 1. The number of nitrogens with one attached hydrogen (secondary N) is 1. The SMILES string of the molecule is CCNCC1CCCCN1CC1CCCc2ccccc21. The number of benzene rings is 1. The first-order valence-electron chi connectivity index (χ1n) is 8.91. The molecule has 0 spiro atoms. The van der Waals surface area contributed by atoms with E-state index in [0.717, 1.165) is 18.5 Å². The smallest absolute Gasteiger partial charge is 0.0220 e. The van der Waals surface area contributed by atoms with E-state index in [1.54, 1.807) is 11.1 Å². The maximum atomic E-state index is 3.56. The van der Waals surface area contributed by atoms with Gasteiger partial charge in [0.1, 0.15) is 0 Å². The van der Waals surface area contributed by atoms with E-state index in [2.05, 4.69) is 41.4 Å². The summed E-state index contributed by atoms with van der Waals surface area (Å²) in [7, 11) is 0. The van der Waals surface area contributed by atoms with Gasteiger partial charge >= 0.3 is 0 Å². The number of hydrogen-bond donors (Lipinski definition) is 1. The number of aryl methyl sites for hydroxylation is 1. The summed E-state index contributed by atoms with van der Waals surface area (Å²) in [6.07, 6.45) is 8.20. The summed E-state index contributed by atoms with van der Waals surface area (Å²) in [6, 6.07) is 9.91. The maximum Gasteiger partial charge on any atom is 0.0220 e. The summed E-state index contributed by atoms with van der Waals surface area (Å²) in [6.45, 7) is 7.05. The van der Waals surface area contributed by atoms with Crippen LogP contribution in [-0.4, -0.2) is 37.1 Å². The Labute approximate surface area is 129 Å². The van der Waals surface area contributed by atoms with Gasteiger partial charge in [0.05, 0.1) is 0 Å². The Kier molecular flexibility index (Phi) is 5.32. The molecule has 116 valence electrons. The molecular weight excluding hydrogens is 256 g/mol. The molecule has 1 aromatic rings. The normalized spacial score (nSPS) is 26.5. The van der Waals surface area contributed by atoms with Crippen molar-refractivity contribution in [1.82, 2.24) is 10.2 Å². The highest BCUT2D eigenvalue weighted by Gasteiger charge is 2.27. The van der Waals surface area contributed by atoms with Crippen molar-refractivity contribution in [3.8, 4) is 0 Å². The van der Waals surface area contributed by atoms with Crippen molar-refractivity contribution >= 4 is 0 Å². The molecule has 1 aromatic carbocycles. The standard InChI is InChI=1S/C19H30N2/c1-2-20-14-18-11-5-6-13-21(18)15-17-10-7-9-16-8-3-4-12-19(16)17/h3-4,8,12,17-18,20H,2,5-7,9-11,13-15H2,1H3. The molecule has 2 atom stereocenters. The number of likely N-dealkylation sites (tertiary alicyclic amines) is 1. The van der Waals surface area contributed by atoms with Gasteiger partial charge in [-0.05, 0) is 62.2 Å². The number of piperidine rings is 1. The predicted molar refractivity (Wildman–Crippen MR) is 89.9 cm³/mol. The van der Waals surface area contributed by atoms with E-state index < -0.39 is 0 Å². The number of nitrogens with zero attached hydrogens (tertiary/aromatic N) is 1. The summed E-state index contributed by atoms with van der Waals surface area (Å²) >= 11 is 0. The van der Waals surface area contributed by atoms with Crippen molar-refractivity contribution in [2.45, 2.75) is 57.4 Å². The summed E-state index contributed by atoms with van der Waals surface area (Å²) in [5.74, 6) is 0.761. The zero-order chi connectivity index (χ0) is 14.5. The molecule has 0 saturated carbocycles. The Balaban J connectivity index is 1.67. The van der Waals surface area contributed by atoms with E-state index in [1.165, 1.54) is 58.2 Å². The van der Waals surface area contributed by atoms with Crippen LogP contribution in [0.2, 0.25) is 0 Å². The largest absolute Gasteiger partial charge is 0.315 e. The maximum absolute atomic E-state index is 3.56. The van der Waals surface area contributed by atoms with E-state index >= 15 is 0 Å². The van der Waals surface area contributed by atoms with Crippen LogP contribution >= 0.6 is 0 Å². The van der Waals surface area contributed by atoms with Gasteiger partial charge in [0.25, 0.3) is 0 Å². The van der Waals surface area contributed by atoms with Crippen LogP contribution in [0.3, 0.4) is 0 Å². The first kappa shape index (κ1) is 15.1. The van der Waals surface area contributed by atoms with Crippen molar-refractivity contribution in [2.24, 2.45) is 0 Å². The third-order valence-electron chi connectivity index (χ3n) is 5.33. The number of rotatable bonds is 5. The van der Waals surface area contributed by atoms with Crippen molar-refractivity contribution < 1.29 is 0 Å². The average molecular weight is 286 g/mol. The van der Waals surface area contributed by atoms with Crippen LogP contribution < -0.4 is 5.32 Å². The van der Waals surface area contributed by atoms with Crippen LogP contribution in [0, 0.1) is 0 Å². The van der Waals surface area contributed by atoms with Crippen LogP contribution in [0.4, 0.5) is 0 Å². The Hall–Kier alpha value is -0.860. The van der Waals surface area contributed by atoms with Gasteiger partial charge in [-0.25, -0.2) is 0 Å². The van der Waals surface area contributed by atoms with Crippen molar-refractivity contribution in [1.29, 1.82) is 0 Å². The lowest BCUT2D eigenvalue weighted by Gasteiger charge is -2.39. The molecule has 2 nitrogen and oxygen atoms in total. The van der Waals surface area contributed by atoms with Crippen LogP contribution in [0.5, 0.6) is 0 Å². The fraction of sp³-hybridized carbons (Fsp3) is 0.684. The summed E-state index contributed by atoms with van der Waals surface area (Å²) in [5.41, 5.74) is 3.24. The van der Waals surface area contributed by atoms with Gasteiger partial charge in [0, 0.05) is 19.1 Å². The molecule has 2 unspecified atom stereocenters. The summed E-state index contributed by atoms with van der Waals surface area (Å²) < 4.78 is 0. The molecule has 1 heterocycles. The highest BCUT2D eigenvalue weighted by atomic mass is 15.2. The molecule has 0 bridgehead atoms. The van der Waals surface area contributed by atoms with Crippen molar-refractivity contribution in [2.75, 3.05) is 26.2 Å². The second-order valence-corrected chi connectivity index (χ2v) is 6.74. The zero-order valence-corrected chi connectivity index (χ0v) is 13.5. The zero-order valence-electron chi connectivity index (χ0n) is 13.5. The fourth-order valence-electron chi connectivity index (χ4n) is 4.17. The minimum atomic E-state index is 0.757. The quantitative estimate of drug-likeness (QED) is 0.890. The summed E-state index contributed by atoms with van der Waals surface area (Å²) in [4.78, 5) is 2.78. The third-order valence-corrected chi connectivity index (χ3v) is 5.33. The number of hydrogen-bond acceptors (Lipinski definition) is 2. The second kappa shape index (κ2) is 7.42. The molecule has 0 amide bonds. The molecule has 1 N–H and O–H groups in total. The van der Waals surface area contributed by atoms with Crippen LogP contribution in [0.1, 0.15) is 56.1 Å². The average Bonchev–Trinajstić information content (AvgIpc) is 2.54. The van der Waals surface area contributed by atoms with Gasteiger partial charge in [-0.15, -0.1) is 0 Å². The van der Waals surface area contributed by atoms with E-state index in [0.29, 0.717) is 0 Å². The molecule has 3 rings (SSSR count). The Morgan fingerprint density at radius 3 is 2.95 bits per heavy atom. The minimum absolute atomic E-state index is 0.757. The molecule has 0 aromatic heterocycles. The lowest BCUT2D eigenvalue weighted by molar-refractivity contribution is 0.133. The highest BCUT2D eigenvalue weighted by Crippen LogP contribution is 2.33. The van der Waals surface area contributed by atoms with Gasteiger partial charge in [0.15, 0.2) is 0 Å². The van der Waals surface area contributed by atoms with Crippen LogP contribution in [0.15, 0.2) is 24.3 Å². The molecule has 1 saturated heterocycles. The minimum Gasteiger partial charge on any atom is -0.315 e. The van der Waals surface area contributed by atoms with E-state index in [9.17, 15) is 0 Å². The Morgan fingerprint density at radius 2 is 2.05 bits per heavy atom. The molecule has 21 heavy (non-hydrogen) atoms. The number of fused-ring (bicyclic) bond motifs is 1. The third kappa shape index (κ3) is 3.67. The molecule has 2 heteroatoms. The first-order chi connectivity index (χ1) is 10.4. The lowest BCUT2D eigenvalue weighted by atomic mass is 9.82. The van der Waals surface area contributed by atoms with Crippen LogP contribution in [0.25, 0.3) is 0 Å².